The van der Waals surface area contributed by atoms with Crippen LogP contribution in [0.4, 0.5) is 0 Å². The molecule has 0 saturated carbocycles. The van der Waals surface area contributed by atoms with Crippen molar-refractivity contribution in [3.05, 3.63) is 66.1 Å². The number of benzene rings is 2. The van der Waals surface area contributed by atoms with E-state index in [0.717, 1.165) is 30.5 Å². The molecule has 0 N–H and O–H groups in total. The number of carbonyl (C=O) groups excluding carboxylic acids is 1. The Balaban J connectivity index is 1.36. The van der Waals surface area contributed by atoms with Gasteiger partial charge in [-0.05, 0) is 50.3 Å². The molecule has 156 valence electrons. The molecule has 1 fully saturated rings. The quantitative estimate of drug-likeness (QED) is 0.612. The molecular formula is C24H27N3O3. The van der Waals surface area contributed by atoms with E-state index in [0.29, 0.717) is 36.3 Å². The second-order valence-corrected chi connectivity index (χ2v) is 7.90. The summed E-state index contributed by atoms with van der Waals surface area (Å²) < 4.78 is 11.3. The first-order valence-electron chi connectivity index (χ1n) is 10.5. The predicted molar refractivity (Wildman–Crippen MR) is 114 cm³/mol. The van der Waals surface area contributed by atoms with Crippen LogP contribution in [-0.4, -0.2) is 40.1 Å². The largest absolute Gasteiger partial charge is 0.481 e. The van der Waals surface area contributed by atoms with E-state index in [9.17, 15) is 4.79 Å². The number of carbonyl (C=O) groups is 1. The zero-order chi connectivity index (χ0) is 20.9. The van der Waals surface area contributed by atoms with Gasteiger partial charge >= 0.3 is 0 Å². The first-order chi connectivity index (χ1) is 14.6. The molecule has 3 aromatic rings. The van der Waals surface area contributed by atoms with Crippen molar-refractivity contribution in [2.24, 2.45) is 5.92 Å². The summed E-state index contributed by atoms with van der Waals surface area (Å²) >= 11 is 0. The summed E-state index contributed by atoms with van der Waals surface area (Å²) in [6, 6.07) is 17.5. The molecule has 1 aliphatic heterocycles. The average molecular weight is 405 g/mol. The molecule has 0 aliphatic carbocycles. The molecule has 1 aromatic heterocycles. The lowest BCUT2D eigenvalue weighted by Crippen LogP contribution is -2.46. The number of piperidine rings is 1. The summed E-state index contributed by atoms with van der Waals surface area (Å²) in [6.07, 6.45) is 2.17. The SMILES string of the molecule is Cc1ccccc1-c1noc(C[C@H]2CCCN(C(=O)[C@@H](C)Oc3ccccc3)C2)n1. The van der Waals surface area contributed by atoms with Crippen molar-refractivity contribution < 1.29 is 14.1 Å². The lowest BCUT2D eigenvalue weighted by molar-refractivity contribution is -0.139. The monoisotopic (exact) mass is 405 g/mol. The van der Waals surface area contributed by atoms with Gasteiger partial charge in [0, 0.05) is 25.1 Å². The fraction of sp³-hybridized carbons (Fsp3) is 0.375. The molecule has 0 radical (unpaired) electrons. The molecule has 6 heteroatoms. The molecule has 2 heterocycles. The van der Waals surface area contributed by atoms with Gasteiger partial charge in [0.1, 0.15) is 5.75 Å². The zero-order valence-corrected chi connectivity index (χ0v) is 17.5. The van der Waals surface area contributed by atoms with Crippen LogP contribution in [0.2, 0.25) is 0 Å². The summed E-state index contributed by atoms with van der Waals surface area (Å²) in [5.74, 6) is 2.28. The van der Waals surface area contributed by atoms with Gasteiger partial charge in [0.15, 0.2) is 6.10 Å². The number of rotatable bonds is 6. The Kier molecular flexibility index (Phi) is 6.12. The highest BCUT2D eigenvalue weighted by atomic mass is 16.5. The number of aryl methyl sites for hydroxylation is 1. The molecule has 0 spiro atoms. The normalized spacial score (nSPS) is 17.5. The van der Waals surface area contributed by atoms with Gasteiger partial charge in [-0.15, -0.1) is 0 Å². The molecule has 2 aromatic carbocycles. The molecule has 1 aliphatic rings. The van der Waals surface area contributed by atoms with Crippen molar-refractivity contribution in [3.8, 4) is 17.1 Å². The van der Waals surface area contributed by atoms with Crippen LogP contribution in [0.3, 0.4) is 0 Å². The van der Waals surface area contributed by atoms with Crippen molar-refractivity contribution >= 4 is 5.91 Å². The number of nitrogens with zero attached hydrogens (tertiary/aromatic N) is 3. The fourth-order valence-corrected chi connectivity index (χ4v) is 3.96. The van der Waals surface area contributed by atoms with E-state index in [1.165, 1.54) is 0 Å². The third-order valence-corrected chi connectivity index (χ3v) is 5.55. The molecule has 1 amide bonds. The van der Waals surface area contributed by atoms with Crippen LogP contribution < -0.4 is 4.74 Å². The first kappa shape index (κ1) is 20.1. The van der Waals surface area contributed by atoms with Gasteiger partial charge in [0.25, 0.3) is 5.91 Å². The smallest absolute Gasteiger partial charge is 0.263 e. The van der Waals surface area contributed by atoms with Crippen LogP contribution in [-0.2, 0) is 11.2 Å². The highest BCUT2D eigenvalue weighted by molar-refractivity contribution is 5.81. The lowest BCUT2D eigenvalue weighted by atomic mass is 9.94. The number of amides is 1. The van der Waals surface area contributed by atoms with Gasteiger partial charge in [-0.1, -0.05) is 47.6 Å². The fourth-order valence-electron chi connectivity index (χ4n) is 3.96. The van der Waals surface area contributed by atoms with E-state index in [2.05, 4.69) is 10.1 Å². The van der Waals surface area contributed by atoms with Crippen molar-refractivity contribution in [3.63, 3.8) is 0 Å². The minimum atomic E-state index is -0.512. The van der Waals surface area contributed by atoms with E-state index in [1.54, 1.807) is 0 Å². The summed E-state index contributed by atoms with van der Waals surface area (Å²) in [5, 5.41) is 4.16. The molecule has 30 heavy (non-hydrogen) atoms. The van der Waals surface area contributed by atoms with E-state index in [1.807, 2.05) is 73.3 Å². The molecular weight excluding hydrogens is 378 g/mol. The highest BCUT2D eigenvalue weighted by Crippen LogP contribution is 2.24. The summed E-state index contributed by atoms with van der Waals surface area (Å²) in [6.45, 7) is 5.29. The number of likely N-dealkylation sites (tertiary alicyclic amines) is 1. The van der Waals surface area contributed by atoms with Crippen LogP contribution in [0.1, 0.15) is 31.2 Å². The van der Waals surface area contributed by atoms with Crippen molar-refractivity contribution in [1.82, 2.24) is 15.0 Å². The van der Waals surface area contributed by atoms with Crippen molar-refractivity contribution in [2.75, 3.05) is 13.1 Å². The third-order valence-electron chi connectivity index (χ3n) is 5.55. The van der Waals surface area contributed by atoms with Gasteiger partial charge in [-0.3, -0.25) is 4.79 Å². The maximum Gasteiger partial charge on any atom is 0.263 e. The Labute approximate surface area is 176 Å². The van der Waals surface area contributed by atoms with E-state index in [-0.39, 0.29) is 5.91 Å². The minimum Gasteiger partial charge on any atom is -0.481 e. The second-order valence-electron chi connectivity index (χ2n) is 7.90. The Morgan fingerprint density at radius 3 is 2.77 bits per heavy atom. The molecule has 2 atom stereocenters. The summed E-state index contributed by atoms with van der Waals surface area (Å²) in [5.41, 5.74) is 2.10. The van der Waals surface area contributed by atoms with Crippen LogP contribution in [0, 0.1) is 12.8 Å². The lowest BCUT2D eigenvalue weighted by Gasteiger charge is -2.33. The van der Waals surface area contributed by atoms with Crippen molar-refractivity contribution in [1.29, 1.82) is 0 Å². The summed E-state index contributed by atoms with van der Waals surface area (Å²) in [7, 11) is 0. The Morgan fingerprint density at radius 1 is 1.20 bits per heavy atom. The molecule has 1 saturated heterocycles. The van der Waals surface area contributed by atoms with Crippen LogP contribution in [0.25, 0.3) is 11.4 Å². The number of ether oxygens (including phenoxy) is 1. The maximum atomic E-state index is 12.9. The Morgan fingerprint density at radius 2 is 1.97 bits per heavy atom. The van der Waals surface area contributed by atoms with E-state index in [4.69, 9.17) is 9.26 Å². The molecule has 0 bridgehead atoms. The number of hydrogen-bond acceptors (Lipinski definition) is 5. The van der Waals surface area contributed by atoms with Crippen LogP contribution in [0.5, 0.6) is 5.75 Å². The predicted octanol–water partition coefficient (Wildman–Crippen LogP) is 4.29. The second kappa shape index (κ2) is 9.11. The number of aromatic nitrogens is 2. The van der Waals surface area contributed by atoms with Gasteiger partial charge in [-0.2, -0.15) is 4.98 Å². The topological polar surface area (TPSA) is 68.5 Å². The van der Waals surface area contributed by atoms with E-state index >= 15 is 0 Å². The molecule has 6 nitrogen and oxygen atoms in total. The van der Waals surface area contributed by atoms with Gasteiger partial charge in [-0.25, -0.2) is 0 Å². The van der Waals surface area contributed by atoms with Gasteiger partial charge in [0.2, 0.25) is 11.7 Å². The average Bonchev–Trinajstić information content (AvgIpc) is 3.22. The Hall–Kier alpha value is -3.15. The van der Waals surface area contributed by atoms with Gasteiger partial charge in [0.05, 0.1) is 0 Å². The summed E-state index contributed by atoms with van der Waals surface area (Å²) in [4.78, 5) is 19.4. The highest BCUT2D eigenvalue weighted by Gasteiger charge is 2.29. The standard InChI is InChI=1S/C24H27N3O3/c1-17-9-6-7-13-21(17)23-25-22(30-26-23)15-19-10-8-14-27(16-19)24(28)18(2)29-20-11-4-3-5-12-20/h3-7,9,11-13,18-19H,8,10,14-16H2,1-2H3/t18-,19-/m1/s1. The number of para-hydroxylation sites is 1. The van der Waals surface area contributed by atoms with Crippen molar-refractivity contribution in [2.45, 2.75) is 39.2 Å². The molecule has 4 rings (SSSR count). The van der Waals surface area contributed by atoms with Crippen LogP contribution in [0.15, 0.2) is 59.1 Å². The maximum absolute atomic E-state index is 12.9. The van der Waals surface area contributed by atoms with Gasteiger partial charge < -0.3 is 14.2 Å². The van der Waals surface area contributed by atoms with Crippen LogP contribution >= 0.6 is 0 Å². The third kappa shape index (κ3) is 4.70. The zero-order valence-electron chi connectivity index (χ0n) is 17.5. The number of hydrogen-bond donors (Lipinski definition) is 0. The first-order valence-corrected chi connectivity index (χ1v) is 10.5. The Bertz CT molecular complexity index is 986. The molecule has 0 unspecified atom stereocenters. The minimum absolute atomic E-state index is 0.0229. The van der Waals surface area contributed by atoms with E-state index < -0.39 is 6.10 Å².